The minimum Gasteiger partial charge on any atom is -0.338 e. The summed E-state index contributed by atoms with van der Waals surface area (Å²) in [4.78, 5) is 23.9. The van der Waals surface area contributed by atoms with E-state index in [1.54, 1.807) is 28.4 Å². The highest BCUT2D eigenvalue weighted by molar-refractivity contribution is 8.00. The second-order valence-electron chi connectivity index (χ2n) is 6.16. The number of fused-ring (bicyclic) bond motifs is 1. The monoisotopic (exact) mass is 401 g/mol. The maximum absolute atomic E-state index is 13.2. The van der Waals surface area contributed by atoms with Gasteiger partial charge in [-0.2, -0.15) is 0 Å². The van der Waals surface area contributed by atoms with E-state index in [1.165, 1.54) is 30.2 Å². The third-order valence-corrected chi connectivity index (χ3v) is 6.22. The van der Waals surface area contributed by atoms with Crippen molar-refractivity contribution in [3.05, 3.63) is 54.6 Å². The van der Waals surface area contributed by atoms with Crippen LogP contribution in [0.3, 0.4) is 0 Å². The van der Waals surface area contributed by atoms with Crippen LogP contribution in [0, 0.1) is 5.82 Å². The minimum atomic E-state index is -0.260. The Morgan fingerprint density at radius 3 is 2.70 bits per heavy atom. The van der Waals surface area contributed by atoms with Gasteiger partial charge in [0, 0.05) is 18.0 Å². The first-order valence-corrected chi connectivity index (χ1v) is 10.3. The molecular weight excluding hydrogens is 381 g/mol. The van der Waals surface area contributed by atoms with Gasteiger partial charge in [0.1, 0.15) is 17.2 Å². The van der Waals surface area contributed by atoms with E-state index < -0.39 is 0 Å². The molecule has 140 valence electrons. The molecule has 4 nitrogen and oxygen atoms in total. The van der Waals surface area contributed by atoms with Crippen LogP contribution >= 0.6 is 23.1 Å². The third kappa shape index (κ3) is 4.73. The Balaban J connectivity index is 1.80. The van der Waals surface area contributed by atoms with Crippen LogP contribution < -0.4 is 0 Å². The maximum Gasteiger partial charge on any atom is 0.233 e. The number of benzene rings is 1. The smallest absolute Gasteiger partial charge is 0.233 e. The highest BCUT2D eigenvalue weighted by Gasteiger charge is 2.15. The largest absolute Gasteiger partial charge is 0.338 e. The second kappa shape index (κ2) is 8.63. The van der Waals surface area contributed by atoms with Crippen molar-refractivity contribution in [2.45, 2.75) is 18.9 Å². The number of thioether (sulfide) groups is 1. The number of hydrogen-bond donors (Lipinski definition) is 0. The molecule has 2 aromatic heterocycles. The fraction of sp³-hybridized carbons (Fsp3) is 0.250. The van der Waals surface area contributed by atoms with Gasteiger partial charge in [-0.25, -0.2) is 14.4 Å². The maximum atomic E-state index is 13.2. The standard InChI is InChI=1S/C20H20FN3OS2/c1-4-24(10-13(2)3)18(25)11-26-20-19-16(22-12-23-20)9-17(27-19)14-5-7-15(21)8-6-14/h5-9,12H,2,4,10-11H2,1,3H3. The summed E-state index contributed by atoms with van der Waals surface area (Å²) in [5.74, 6) is 0.119. The van der Waals surface area contributed by atoms with Crippen LogP contribution in [0.1, 0.15) is 13.8 Å². The molecule has 0 bridgehead atoms. The summed E-state index contributed by atoms with van der Waals surface area (Å²) < 4.78 is 14.1. The predicted molar refractivity (Wildman–Crippen MR) is 111 cm³/mol. The van der Waals surface area contributed by atoms with Crippen molar-refractivity contribution in [3.8, 4) is 10.4 Å². The quantitative estimate of drug-likeness (QED) is 0.317. The van der Waals surface area contributed by atoms with Crippen molar-refractivity contribution >= 4 is 39.2 Å². The van der Waals surface area contributed by atoms with Crippen molar-refractivity contribution < 1.29 is 9.18 Å². The molecule has 0 saturated carbocycles. The Kier molecular flexibility index (Phi) is 6.23. The third-order valence-electron chi connectivity index (χ3n) is 3.93. The van der Waals surface area contributed by atoms with Crippen molar-refractivity contribution in [2.75, 3.05) is 18.8 Å². The van der Waals surface area contributed by atoms with E-state index >= 15 is 0 Å². The molecule has 0 saturated heterocycles. The van der Waals surface area contributed by atoms with Crippen molar-refractivity contribution in [1.82, 2.24) is 14.9 Å². The summed E-state index contributed by atoms with van der Waals surface area (Å²) in [6.07, 6.45) is 1.52. The molecule has 0 aliphatic carbocycles. The molecule has 1 amide bonds. The van der Waals surface area contributed by atoms with Gasteiger partial charge in [-0.05, 0) is 37.6 Å². The summed E-state index contributed by atoms with van der Waals surface area (Å²) in [7, 11) is 0. The number of rotatable bonds is 7. The van der Waals surface area contributed by atoms with Crippen LogP contribution in [0.25, 0.3) is 20.7 Å². The number of carbonyl (C=O) groups is 1. The van der Waals surface area contributed by atoms with Gasteiger partial charge >= 0.3 is 0 Å². The Bertz CT molecular complexity index is 969. The highest BCUT2D eigenvalue weighted by Crippen LogP contribution is 2.36. The molecule has 0 radical (unpaired) electrons. The number of amides is 1. The van der Waals surface area contributed by atoms with E-state index in [-0.39, 0.29) is 11.7 Å². The molecular formula is C20H20FN3OS2. The van der Waals surface area contributed by atoms with Crippen LogP contribution in [-0.4, -0.2) is 39.6 Å². The number of halogens is 1. The van der Waals surface area contributed by atoms with E-state index in [4.69, 9.17) is 0 Å². The highest BCUT2D eigenvalue weighted by atomic mass is 32.2. The van der Waals surface area contributed by atoms with Gasteiger partial charge in [0.05, 0.1) is 16.0 Å². The zero-order valence-corrected chi connectivity index (χ0v) is 16.9. The molecule has 3 aromatic rings. The first-order valence-electron chi connectivity index (χ1n) is 8.53. The molecule has 0 spiro atoms. The van der Waals surface area contributed by atoms with Crippen LogP contribution in [0.2, 0.25) is 0 Å². The van der Waals surface area contributed by atoms with E-state index in [2.05, 4.69) is 16.5 Å². The average molecular weight is 402 g/mol. The lowest BCUT2D eigenvalue weighted by atomic mass is 10.2. The summed E-state index contributed by atoms with van der Waals surface area (Å²) in [6, 6.07) is 8.36. The number of thiophene rings is 1. The molecule has 0 aliphatic heterocycles. The lowest BCUT2D eigenvalue weighted by Gasteiger charge is -2.20. The fourth-order valence-corrected chi connectivity index (χ4v) is 4.72. The van der Waals surface area contributed by atoms with Crippen molar-refractivity contribution in [1.29, 1.82) is 0 Å². The molecule has 0 unspecified atom stereocenters. The Labute approximate surface area is 166 Å². The molecule has 0 atom stereocenters. The molecule has 0 N–H and O–H groups in total. The molecule has 7 heteroatoms. The molecule has 0 aliphatic rings. The van der Waals surface area contributed by atoms with Crippen molar-refractivity contribution in [2.24, 2.45) is 0 Å². The lowest BCUT2D eigenvalue weighted by molar-refractivity contribution is -0.127. The minimum absolute atomic E-state index is 0.0626. The topological polar surface area (TPSA) is 46.1 Å². The molecule has 3 rings (SSSR count). The first kappa shape index (κ1) is 19.5. The Morgan fingerprint density at radius 1 is 1.30 bits per heavy atom. The SMILES string of the molecule is C=C(C)CN(CC)C(=O)CSc1ncnc2cc(-c3ccc(F)cc3)sc12. The summed E-state index contributed by atoms with van der Waals surface area (Å²) in [5.41, 5.74) is 2.73. The van der Waals surface area contributed by atoms with Gasteiger partial charge in [0.15, 0.2) is 0 Å². The Morgan fingerprint density at radius 2 is 2.04 bits per heavy atom. The Hall–Kier alpha value is -2.25. The van der Waals surface area contributed by atoms with Crippen molar-refractivity contribution in [3.63, 3.8) is 0 Å². The number of nitrogens with zero attached hydrogens (tertiary/aromatic N) is 3. The van der Waals surface area contributed by atoms with Gasteiger partial charge in [-0.1, -0.05) is 36.0 Å². The van der Waals surface area contributed by atoms with E-state index in [0.717, 1.165) is 31.3 Å². The molecule has 27 heavy (non-hydrogen) atoms. The lowest BCUT2D eigenvalue weighted by Crippen LogP contribution is -2.33. The van der Waals surface area contributed by atoms with Crippen LogP contribution in [0.5, 0.6) is 0 Å². The van der Waals surface area contributed by atoms with E-state index in [0.29, 0.717) is 18.8 Å². The number of likely N-dealkylation sites (N-methyl/N-ethyl adjacent to an activating group) is 1. The fourth-order valence-electron chi connectivity index (χ4n) is 2.62. The van der Waals surface area contributed by atoms with E-state index in [9.17, 15) is 9.18 Å². The predicted octanol–water partition coefficient (Wildman–Crippen LogP) is 5.01. The molecule has 1 aromatic carbocycles. The average Bonchev–Trinajstić information content (AvgIpc) is 3.09. The van der Waals surface area contributed by atoms with Gasteiger partial charge in [-0.15, -0.1) is 11.3 Å². The van der Waals surface area contributed by atoms with E-state index in [1.807, 2.05) is 19.9 Å². The normalized spacial score (nSPS) is 10.9. The number of hydrogen-bond acceptors (Lipinski definition) is 5. The second-order valence-corrected chi connectivity index (χ2v) is 8.18. The van der Waals surface area contributed by atoms with Gasteiger partial charge in [-0.3, -0.25) is 4.79 Å². The number of aromatic nitrogens is 2. The summed E-state index contributed by atoms with van der Waals surface area (Å²) >= 11 is 2.97. The van der Waals surface area contributed by atoms with Crippen LogP contribution in [0.15, 0.2) is 53.8 Å². The van der Waals surface area contributed by atoms with Gasteiger partial charge < -0.3 is 4.90 Å². The van der Waals surface area contributed by atoms with Crippen LogP contribution in [-0.2, 0) is 4.79 Å². The van der Waals surface area contributed by atoms with Gasteiger partial charge in [0.2, 0.25) is 5.91 Å². The van der Waals surface area contributed by atoms with Crippen LogP contribution in [0.4, 0.5) is 4.39 Å². The first-order chi connectivity index (χ1) is 13.0. The number of carbonyl (C=O) groups excluding carboxylic acids is 1. The summed E-state index contributed by atoms with van der Waals surface area (Å²) in [5, 5.41) is 0.790. The summed E-state index contributed by atoms with van der Waals surface area (Å²) in [6.45, 7) is 8.98. The zero-order valence-electron chi connectivity index (χ0n) is 15.2. The molecule has 0 fully saturated rings. The van der Waals surface area contributed by atoms with Gasteiger partial charge in [0.25, 0.3) is 0 Å². The molecule has 2 heterocycles. The zero-order chi connectivity index (χ0) is 19.4.